The maximum absolute atomic E-state index is 11.9. The third-order valence-corrected chi connectivity index (χ3v) is 4.32. The fourth-order valence-corrected chi connectivity index (χ4v) is 2.87. The highest BCUT2D eigenvalue weighted by Crippen LogP contribution is 2.20. The lowest BCUT2D eigenvalue weighted by Crippen LogP contribution is -2.37. The van der Waals surface area contributed by atoms with Crippen molar-refractivity contribution in [1.82, 2.24) is 20.8 Å². The highest BCUT2D eigenvalue weighted by Gasteiger charge is 2.15. The van der Waals surface area contributed by atoms with Crippen molar-refractivity contribution in [3.05, 3.63) is 30.2 Å². The van der Waals surface area contributed by atoms with Crippen molar-refractivity contribution in [3.8, 4) is 17.1 Å². The third-order valence-electron chi connectivity index (χ3n) is 4.32. The Morgan fingerprint density at radius 3 is 2.88 bits per heavy atom. The summed E-state index contributed by atoms with van der Waals surface area (Å²) in [4.78, 5) is 16.2. The van der Waals surface area contributed by atoms with E-state index in [4.69, 9.17) is 9.26 Å². The summed E-state index contributed by atoms with van der Waals surface area (Å²) in [5.41, 5.74) is 0.873. The topological polar surface area (TPSA) is 89.3 Å². The number of aromatic nitrogens is 2. The monoisotopic (exact) mass is 380 g/mol. The molecule has 142 valence electrons. The molecular formula is C18H25ClN4O3. The average Bonchev–Trinajstić information content (AvgIpc) is 3.32. The summed E-state index contributed by atoms with van der Waals surface area (Å²) in [6.07, 6.45) is 4.07. The van der Waals surface area contributed by atoms with Crippen molar-refractivity contribution in [2.24, 2.45) is 0 Å². The molecule has 1 aliphatic heterocycles. The second kappa shape index (κ2) is 10.1. The van der Waals surface area contributed by atoms with Gasteiger partial charge in [0.15, 0.2) is 0 Å². The van der Waals surface area contributed by atoms with E-state index in [1.807, 2.05) is 24.3 Å². The predicted molar refractivity (Wildman–Crippen MR) is 101 cm³/mol. The molecule has 8 heteroatoms. The van der Waals surface area contributed by atoms with Crippen molar-refractivity contribution >= 4 is 18.3 Å². The van der Waals surface area contributed by atoms with Crippen LogP contribution in [0.2, 0.25) is 0 Å². The Kier molecular flexibility index (Phi) is 7.87. The Labute approximate surface area is 159 Å². The number of ether oxygens (including phenoxy) is 1. The van der Waals surface area contributed by atoms with Gasteiger partial charge >= 0.3 is 0 Å². The molecule has 0 bridgehead atoms. The molecule has 0 spiro atoms. The zero-order valence-electron chi connectivity index (χ0n) is 14.9. The first-order valence-corrected chi connectivity index (χ1v) is 8.71. The van der Waals surface area contributed by atoms with Crippen LogP contribution in [-0.4, -0.2) is 42.3 Å². The molecule has 2 heterocycles. The summed E-state index contributed by atoms with van der Waals surface area (Å²) >= 11 is 0. The molecule has 1 saturated heterocycles. The molecule has 2 aromatic rings. The number of methoxy groups -OCH3 is 1. The fourth-order valence-electron chi connectivity index (χ4n) is 2.87. The maximum atomic E-state index is 11.9. The van der Waals surface area contributed by atoms with Crippen LogP contribution < -0.4 is 15.4 Å². The molecule has 1 fully saturated rings. The number of nitrogens with one attached hydrogen (secondary N) is 2. The van der Waals surface area contributed by atoms with Gasteiger partial charge in [-0.1, -0.05) is 5.16 Å². The Hall–Kier alpha value is -2.12. The molecule has 0 radical (unpaired) electrons. The molecule has 3 rings (SSSR count). The number of hydrogen-bond donors (Lipinski definition) is 2. The third kappa shape index (κ3) is 5.71. The van der Waals surface area contributed by atoms with Crippen molar-refractivity contribution < 1.29 is 14.1 Å². The first-order valence-electron chi connectivity index (χ1n) is 8.71. The van der Waals surface area contributed by atoms with Gasteiger partial charge in [0.2, 0.25) is 17.6 Å². The standard InChI is InChI=1S/C18H24N4O3.ClH/c1-24-15-9-7-13(8-10-15)18-21-17(25-22-18)6-2-5-16(23)20-12-14-4-3-11-19-14;/h7-10,14,19H,2-6,11-12H2,1H3,(H,20,23);1H. The Bertz CT molecular complexity index is 684. The van der Waals surface area contributed by atoms with Crippen LogP contribution in [0.5, 0.6) is 5.75 Å². The summed E-state index contributed by atoms with van der Waals surface area (Å²) < 4.78 is 10.4. The Morgan fingerprint density at radius 2 is 2.19 bits per heavy atom. The lowest BCUT2D eigenvalue weighted by molar-refractivity contribution is -0.121. The highest BCUT2D eigenvalue weighted by atomic mass is 35.5. The molecule has 1 aliphatic rings. The van der Waals surface area contributed by atoms with Crippen molar-refractivity contribution in [3.63, 3.8) is 0 Å². The Balaban J connectivity index is 0.00000243. The van der Waals surface area contributed by atoms with E-state index in [1.165, 1.54) is 6.42 Å². The van der Waals surface area contributed by atoms with E-state index in [0.29, 0.717) is 43.6 Å². The van der Waals surface area contributed by atoms with E-state index in [9.17, 15) is 4.79 Å². The van der Waals surface area contributed by atoms with Gasteiger partial charge in [0.05, 0.1) is 7.11 Å². The van der Waals surface area contributed by atoms with Crippen LogP contribution in [0.15, 0.2) is 28.8 Å². The number of nitrogens with zero attached hydrogens (tertiary/aromatic N) is 2. The molecule has 1 aromatic carbocycles. The van der Waals surface area contributed by atoms with Gasteiger partial charge in [-0.15, -0.1) is 12.4 Å². The second-order valence-electron chi connectivity index (χ2n) is 6.19. The van der Waals surface area contributed by atoms with Crippen molar-refractivity contribution in [2.75, 3.05) is 20.2 Å². The number of benzene rings is 1. The van der Waals surface area contributed by atoms with Gasteiger partial charge in [0.1, 0.15) is 5.75 Å². The van der Waals surface area contributed by atoms with Crippen LogP contribution in [0.25, 0.3) is 11.4 Å². The van der Waals surface area contributed by atoms with Crippen LogP contribution in [0, 0.1) is 0 Å². The van der Waals surface area contributed by atoms with E-state index < -0.39 is 0 Å². The average molecular weight is 381 g/mol. The molecule has 0 saturated carbocycles. The largest absolute Gasteiger partial charge is 0.497 e. The number of amides is 1. The minimum absolute atomic E-state index is 0. The summed E-state index contributed by atoms with van der Waals surface area (Å²) in [5.74, 6) is 1.96. The minimum Gasteiger partial charge on any atom is -0.497 e. The molecular weight excluding hydrogens is 356 g/mol. The minimum atomic E-state index is 0. The van der Waals surface area contributed by atoms with E-state index in [0.717, 1.165) is 24.3 Å². The second-order valence-corrected chi connectivity index (χ2v) is 6.19. The molecule has 1 atom stereocenters. The van der Waals surface area contributed by atoms with Gasteiger partial charge in [0, 0.05) is 31.0 Å². The number of rotatable bonds is 8. The van der Waals surface area contributed by atoms with Crippen LogP contribution in [-0.2, 0) is 11.2 Å². The van der Waals surface area contributed by atoms with Crippen molar-refractivity contribution in [1.29, 1.82) is 0 Å². The quantitative estimate of drug-likeness (QED) is 0.730. The summed E-state index contributed by atoms with van der Waals surface area (Å²) in [7, 11) is 1.63. The van der Waals surface area contributed by atoms with Gasteiger partial charge in [-0.2, -0.15) is 4.98 Å². The molecule has 2 N–H and O–H groups in total. The normalized spacial score (nSPS) is 16.1. The van der Waals surface area contributed by atoms with Crippen LogP contribution in [0.3, 0.4) is 0 Å². The smallest absolute Gasteiger partial charge is 0.226 e. The van der Waals surface area contributed by atoms with E-state index in [2.05, 4.69) is 20.8 Å². The number of halogens is 1. The van der Waals surface area contributed by atoms with Gasteiger partial charge in [-0.05, 0) is 50.1 Å². The van der Waals surface area contributed by atoms with Gasteiger partial charge in [0.25, 0.3) is 0 Å². The maximum Gasteiger partial charge on any atom is 0.226 e. The number of hydrogen-bond acceptors (Lipinski definition) is 6. The van der Waals surface area contributed by atoms with E-state index in [-0.39, 0.29) is 18.3 Å². The van der Waals surface area contributed by atoms with Crippen LogP contribution >= 0.6 is 12.4 Å². The van der Waals surface area contributed by atoms with Gasteiger partial charge < -0.3 is 19.9 Å². The fraction of sp³-hybridized carbons (Fsp3) is 0.500. The van der Waals surface area contributed by atoms with Gasteiger partial charge in [-0.25, -0.2) is 0 Å². The SMILES string of the molecule is COc1ccc(-c2noc(CCCC(=O)NCC3CCCN3)n2)cc1.Cl. The molecule has 1 amide bonds. The first kappa shape index (κ1) is 20.2. The molecule has 7 nitrogen and oxygen atoms in total. The molecule has 26 heavy (non-hydrogen) atoms. The van der Waals surface area contributed by atoms with Crippen LogP contribution in [0.4, 0.5) is 0 Å². The lowest BCUT2D eigenvalue weighted by atomic mass is 10.2. The summed E-state index contributed by atoms with van der Waals surface area (Å²) in [6, 6.07) is 7.91. The number of carbonyl (C=O) groups excluding carboxylic acids is 1. The molecule has 1 aromatic heterocycles. The number of aryl methyl sites for hydroxylation is 1. The highest BCUT2D eigenvalue weighted by molar-refractivity contribution is 5.85. The Morgan fingerprint density at radius 1 is 1.38 bits per heavy atom. The summed E-state index contributed by atoms with van der Waals surface area (Å²) in [5, 5.41) is 10.3. The number of carbonyl (C=O) groups is 1. The lowest BCUT2D eigenvalue weighted by Gasteiger charge is -2.10. The first-order chi connectivity index (χ1) is 12.2. The van der Waals surface area contributed by atoms with E-state index >= 15 is 0 Å². The summed E-state index contributed by atoms with van der Waals surface area (Å²) in [6.45, 7) is 1.76. The van der Waals surface area contributed by atoms with Crippen LogP contribution in [0.1, 0.15) is 31.6 Å². The van der Waals surface area contributed by atoms with E-state index in [1.54, 1.807) is 7.11 Å². The predicted octanol–water partition coefficient (Wildman–Crippen LogP) is 2.36. The van der Waals surface area contributed by atoms with Gasteiger partial charge in [-0.3, -0.25) is 4.79 Å². The zero-order chi connectivity index (χ0) is 17.5. The zero-order valence-corrected chi connectivity index (χ0v) is 15.7. The molecule has 1 unspecified atom stereocenters. The molecule has 0 aliphatic carbocycles. The van der Waals surface area contributed by atoms with Crippen molar-refractivity contribution in [2.45, 2.75) is 38.1 Å².